The van der Waals surface area contributed by atoms with Crippen molar-refractivity contribution >= 4 is 5.97 Å². The lowest BCUT2D eigenvalue weighted by Crippen LogP contribution is -2.29. The van der Waals surface area contributed by atoms with E-state index in [1.54, 1.807) is 0 Å². The number of unbranched alkanes of at least 4 members (excludes halogenated alkanes) is 2. The molecule has 0 heterocycles. The largest absolute Gasteiger partial charge is 0.462 e. The summed E-state index contributed by atoms with van der Waals surface area (Å²) in [6, 6.07) is 10.7. The normalized spacial score (nSPS) is 25.9. The molecule has 0 radical (unpaired) electrons. The number of nitriles is 1. The van der Waals surface area contributed by atoms with Gasteiger partial charge in [-0.3, -0.25) is 4.79 Å². The van der Waals surface area contributed by atoms with Crippen molar-refractivity contribution in [2.45, 2.75) is 109 Å². The van der Waals surface area contributed by atoms with Crippen molar-refractivity contribution in [3.05, 3.63) is 47.3 Å². The van der Waals surface area contributed by atoms with Gasteiger partial charge in [0, 0.05) is 0 Å². The Morgan fingerprint density at radius 1 is 1.06 bits per heavy atom. The highest BCUT2D eigenvalue weighted by atomic mass is 19.1. The van der Waals surface area contributed by atoms with Crippen molar-refractivity contribution in [1.29, 1.82) is 5.26 Å². The minimum Gasteiger partial charge on any atom is -0.462 e. The van der Waals surface area contributed by atoms with Gasteiger partial charge in [-0.25, -0.2) is 0 Å². The summed E-state index contributed by atoms with van der Waals surface area (Å²) in [5.74, 6) is 0.418. The smallest absolute Gasteiger partial charge is 0.309 e. The first-order valence-corrected chi connectivity index (χ1v) is 13.1. The lowest BCUT2D eigenvalue weighted by molar-refractivity contribution is -0.157. The van der Waals surface area contributed by atoms with Crippen LogP contribution in [0.4, 0.5) is 4.39 Å². The molecule has 0 aliphatic heterocycles. The second kappa shape index (κ2) is 13.5. The Kier molecular flexibility index (Phi) is 10.4. The molecule has 0 amide bonds. The SMILES string of the molecule is CCCCCc1ccc([C@H]2CC[C@H](OC(=O)[C@H]3CC[C@H](CCC=C(F)C#N)CC3)CC2)cc1. The van der Waals surface area contributed by atoms with E-state index >= 15 is 0 Å². The van der Waals surface area contributed by atoms with Crippen molar-refractivity contribution in [3.8, 4) is 6.07 Å². The minimum absolute atomic E-state index is 0.0104. The standard InChI is InChI=1S/C29H40FNO2/c1-2-3-4-6-22-9-13-24(14-10-22)25-17-19-28(20-18-25)33-29(32)26-15-11-23(12-16-26)7-5-8-27(30)21-31/h8-10,13-14,23,25-26,28H,2-7,11-12,15-20H2,1H3/t23-,25-,26-,28-. The van der Waals surface area contributed by atoms with Gasteiger partial charge in [0.2, 0.25) is 0 Å². The lowest BCUT2D eigenvalue weighted by atomic mass is 9.79. The Balaban J connectivity index is 1.35. The summed E-state index contributed by atoms with van der Waals surface area (Å²) < 4.78 is 18.8. The number of hydrogen-bond donors (Lipinski definition) is 0. The highest BCUT2D eigenvalue weighted by molar-refractivity contribution is 5.72. The van der Waals surface area contributed by atoms with Gasteiger partial charge in [-0.1, -0.05) is 44.0 Å². The Morgan fingerprint density at radius 3 is 2.39 bits per heavy atom. The number of aryl methyl sites for hydroxylation is 1. The second-order valence-electron chi connectivity index (χ2n) is 10.1. The van der Waals surface area contributed by atoms with Crippen LogP contribution in [0.1, 0.15) is 107 Å². The topological polar surface area (TPSA) is 50.1 Å². The van der Waals surface area contributed by atoms with E-state index in [0.29, 0.717) is 18.3 Å². The number of benzene rings is 1. The molecule has 0 saturated heterocycles. The van der Waals surface area contributed by atoms with Gasteiger partial charge in [-0.2, -0.15) is 9.65 Å². The van der Waals surface area contributed by atoms with E-state index in [-0.39, 0.29) is 18.0 Å². The Hall–Kier alpha value is -2.15. The molecule has 2 aliphatic carbocycles. The molecule has 0 aromatic heterocycles. The number of ether oxygens (including phenoxy) is 1. The van der Waals surface area contributed by atoms with Crippen LogP contribution in [0.15, 0.2) is 36.2 Å². The molecule has 3 nitrogen and oxygen atoms in total. The molecular weight excluding hydrogens is 413 g/mol. The molecule has 2 aliphatic rings. The van der Waals surface area contributed by atoms with E-state index in [9.17, 15) is 9.18 Å². The summed E-state index contributed by atoms with van der Waals surface area (Å²) in [4.78, 5) is 12.7. The van der Waals surface area contributed by atoms with Crippen LogP contribution in [0.5, 0.6) is 0 Å². The van der Waals surface area contributed by atoms with Crippen molar-refractivity contribution in [1.82, 2.24) is 0 Å². The van der Waals surface area contributed by atoms with E-state index in [1.807, 2.05) is 0 Å². The molecule has 0 unspecified atom stereocenters. The summed E-state index contributed by atoms with van der Waals surface area (Å²) in [5, 5.41) is 8.47. The number of halogens is 1. The zero-order valence-corrected chi connectivity index (χ0v) is 20.2. The fourth-order valence-electron chi connectivity index (χ4n) is 5.49. The van der Waals surface area contributed by atoms with Gasteiger partial charge >= 0.3 is 5.97 Å². The molecule has 3 rings (SSSR count). The molecule has 33 heavy (non-hydrogen) atoms. The maximum absolute atomic E-state index is 12.9. The zero-order chi connectivity index (χ0) is 23.5. The lowest BCUT2D eigenvalue weighted by Gasteiger charge is -2.31. The monoisotopic (exact) mass is 453 g/mol. The zero-order valence-electron chi connectivity index (χ0n) is 20.2. The fourth-order valence-corrected chi connectivity index (χ4v) is 5.49. The molecule has 180 valence electrons. The second-order valence-corrected chi connectivity index (χ2v) is 10.1. The predicted molar refractivity (Wildman–Crippen MR) is 130 cm³/mol. The van der Waals surface area contributed by atoms with E-state index in [0.717, 1.165) is 57.8 Å². The molecule has 0 atom stereocenters. The van der Waals surface area contributed by atoms with Crippen LogP contribution in [-0.4, -0.2) is 12.1 Å². The minimum atomic E-state index is -0.693. The first-order valence-electron chi connectivity index (χ1n) is 13.1. The van der Waals surface area contributed by atoms with Crippen LogP contribution in [-0.2, 0) is 16.0 Å². The van der Waals surface area contributed by atoms with Crippen LogP contribution in [0, 0.1) is 23.2 Å². The van der Waals surface area contributed by atoms with E-state index in [2.05, 4.69) is 31.2 Å². The van der Waals surface area contributed by atoms with Crippen LogP contribution in [0.3, 0.4) is 0 Å². The first kappa shape index (κ1) is 25.5. The number of hydrogen-bond acceptors (Lipinski definition) is 3. The van der Waals surface area contributed by atoms with Crippen molar-refractivity contribution < 1.29 is 13.9 Å². The molecule has 0 spiro atoms. The summed E-state index contributed by atoms with van der Waals surface area (Å²) in [7, 11) is 0. The number of allylic oxidation sites excluding steroid dienone is 2. The van der Waals surface area contributed by atoms with Crippen LogP contribution in [0.2, 0.25) is 0 Å². The third kappa shape index (κ3) is 8.29. The summed E-state index contributed by atoms with van der Waals surface area (Å²) in [5.41, 5.74) is 2.87. The molecule has 0 bridgehead atoms. The molecule has 1 aromatic carbocycles. The average Bonchev–Trinajstić information content (AvgIpc) is 2.85. The van der Waals surface area contributed by atoms with Crippen molar-refractivity contribution in [2.24, 2.45) is 11.8 Å². The van der Waals surface area contributed by atoms with E-state index in [1.165, 1.54) is 49.0 Å². The van der Waals surface area contributed by atoms with Crippen LogP contribution >= 0.6 is 0 Å². The number of esters is 1. The van der Waals surface area contributed by atoms with Gasteiger partial charge in [0.25, 0.3) is 0 Å². The first-order chi connectivity index (χ1) is 16.1. The maximum atomic E-state index is 12.9. The fraction of sp³-hybridized carbons (Fsp3) is 0.655. The Bertz CT molecular complexity index is 794. The number of rotatable bonds is 10. The molecule has 4 heteroatoms. The molecule has 0 N–H and O–H groups in total. The third-order valence-electron chi connectivity index (χ3n) is 7.66. The predicted octanol–water partition coefficient (Wildman–Crippen LogP) is 7.95. The molecular formula is C29H40FNO2. The maximum Gasteiger partial charge on any atom is 0.309 e. The quantitative estimate of drug-likeness (QED) is 0.205. The molecule has 1 aromatic rings. The van der Waals surface area contributed by atoms with Gasteiger partial charge < -0.3 is 4.74 Å². The van der Waals surface area contributed by atoms with Gasteiger partial charge in [0.15, 0.2) is 5.83 Å². The van der Waals surface area contributed by atoms with Crippen LogP contribution in [0.25, 0.3) is 0 Å². The Labute approximate surface area is 199 Å². The number of carbonyl (C=O) groups excluding carboxylic acids is 1. The highest BCUT2D eigenvalue weighted by Gasteiger charge is 2.30. The van der Waals surface area contributed by atoms with E-state index < -0.39 is 5.83 Å². The Morgan fingerprint density at radius 2 is 1.76 bits per heavy atom. The van der Waals surface area contributed by atoms with Gasteiger partial charge in [0.05, 0.1) is 5.92 Å². The molecule has 2 saturated carbocycles. The van der Waals surface area contributed by atoms with E-state index in [4.69, 9.17) is 10.00 Å². The summed E-state index contributed by atoms with van der Waals surface area (Å²) in [6.45, 7) is 2.24. The summed E-state index contributed by atoms with van der Waals surface area (Å²) in [6.07, 6.45) is 15.8. The van der Waals surface area contributed by atoms with Crippen LogP contribution < -0.4 is 0 Å². The van der Waals surface area contributed by atoms with Crippen molar-refractivity contribution in [3.63, 3.8) is 0 Å². The number of nitrogens with zero attached hydrogens (tertiary/aromatic N) is 1. The van der Waals surface area contributed by atoms with Gasteiger partial charge in [-0.05, 0) is 106 Å². The third-order valence-corrected chi connectivity index (χ3v) is 7.66. The van der Waals surface area contributed by atoms with Gasteiger partial charge in [-0.15, -0.1) is 0 Å². The highest BCUT2D eigenvalue weighted by Crippen LogP contribution is 2.36. The average molecular weight is 454 g/mol. The van der Waals surface area contributed by atoms with Gasteiger partial charge in [0.1, 0.15) is 12.2 Å². The molecule has 2 fully saturated rings. The number of carbonyl (C=O) groups is 1. The summed E-state index contributed by atoms with van der Waals surface area (Å²) >= 11 is 0. The van der Waals surface area contributed by atoms with Crippen molar-refractivity contribution in [2.75, 3.05) is 0 Å².